The normalized spacial score (nSPS) is 19.5. The van der Waals surface area contributed by atoms with Gasteiger partial charge < -0.3 is 14.6 Å². The van der Waals surface area contributed by atoms with E-state index in [2.05, 4.69) is 5.32 Å². The highest BCUT2D eigenvalue weighted by atomic mass is 32.1. The number of hydrogen-bond donors (Lipinski definition) is 1. The highest BCUT2D eigenvalue weighted by molar-refractivity contribution is 7.17. The van der Waals surface area contributed by atoms with Gasteiger partial charge in [0.05, 0.1) is 29.6 Å². The zero-order valence-electron chi connectivity index (χ0n) is 17.9. The van der Waals surface area contributed by atoms with Crippen LogP contribution in [-0.2, 0) is 11.3 Å². The molecule has 3 heterocycles. The van der Waals surface area contributed by atoms with E-state index in [-0.39, 0.29) is 17.9 Å². The number of methoxy groups -OCH3 is 1. The van der Waals surface area contributed by atoms with E-state index in [1.165, 1.54) is 6.42 Å². The maximum absolute atomic E-state index is 13.7. The highest BCUT2D eigenvalue weighted by Gasteiger charge is 2.40. The van der Waals surface area contributed by atoms with Crippen molar-refractivity contribution in [2.75, 3.05) is 12.0 Å². The van der Waals surface area contributed by atoms with Crippen molar-refractivity contribution in [3.63, 3.8) is 0 Å². The van der Waals surface area contributed by atoms with Gasteiger partial charge in [0.1, 0.15) is 17.5 Å². The summed E-state index contributed by atoms with van der Waals surface area (Å²) in [6.07, 6.45) is 5.51. The van der Waals surface area contributed by atoms with E-state index in [1.54, 1.807) is 23.3 Å². The maximum Gasteiger partial charge on any atom is 0.275 e. The fourth-order valence-corrected chi connectivity index (χ4v) is 5.70. The molecule has 0 bridgehead atoms. The van der Waals surface area contributed by atoms with Gasteiger partial charge in [-0.1, -0.05) is 25.3 Å². The average Bonchev–Trinajstić information content (AvgIpc) is 3.36. The fraction of sp³-hybridized carbons (Fsp3) is 0.417. The molecular formula is C24H27N3O3S. The van der Waals surface area contributed by atoms with Crippen LogP contribution in [0.1, 0.15) is 48.2 Å². The second kappa shape index (κ2) is 8.04. The fourth-order valence-electron chi connectivity index (χ4n) is 4.88. The summed E-state index contributed by atoms with van der Waals surface area (Å²) in [4.78, 5) is 28.9. The van der Waals surface area contributed by atoms with Crippen LogP contribution in [0, 0.1) is 6.92 Å². The Kier molecular flexibility index (Phi) is 5.22. The Morgan fingerprint density at radius 1 is 1.16 bits per heavy atom. The number of carbonyl (C=O) groups is 2. The Bertz CT molecular complexity index is 1140. The molecule has 6 nitrogen and oxygen atoms in total. The molecule has 2 aromatic heterocycles. The van der Waals surface area contributed by atoms with E-state index in [4.69, 9.17) is 4.74 Å². The molecule has 2 aliphatic rings. The van der Waals surface area contributed by atoms with Gasteiger partial charge in [0, 0.05) is 6.04 Å². The standard InChI is InChI=1S/C24H27N3O3S/c1-15-8-9-21(30-2)18(12-15)27-20(23(28)25-16-6-4-3-5-7-16)14-26-17-10-11-31-22(17)13-19(26)24(27)29/h8-13,16,20H,3-7,14H2,1-2H3,(H,25,28). The minimum absolute atomic E-state index is 0.0912. The molecule has 7 heteroatoms. The topological polar surface area (TPSA) is 63.6 Å². The van der Waals surface area contributed by atoms with Crippen LogP contribution in [0.5, 0.6) is 5.75 Å². The highest BCUT2D eigenvalue weighted by Crippen LogP contribution is 2.37. The van der Waals surface area contributed by atoms with Crippen molar-refractivity contribution in [2.24, 2.45) is 0 Å². The summed E-state index contributed by atoms with van der Waals surface area (Å²) < 4.78 is 8.64. The SMILES string of the molecule is COc1ccc(C)cc1N1C(=O)c2cc3sccc3n2CC1C(=O)NC1CCCCC1. The lowest BCUT2D eigenvalue weighted by Crippen LogP contribution is -2.57. The van der Waals surface area contributed by atoms with Crippen LogP contribution in [0.25, 0.3) is 10.2 Å². The number of thiophene rings is 1. The molecule has 1 unspecified atom stereocenters. The van der Waals surface area contributed by atoms with Gasteiger partial charge in [0.25, 0.3) is 5.91 Å². The molecule has 0 spiro atoms. The van der Waals surface area contributed by atoms with Gasteiger partial charge in [0.2, 0.25) is 5.91 Å². The Hall–Kier alpha value is -2.80. The Morgan fingerprint density at radius 2 is 1.97 bits per heavy atom. The van der Waals surface area contributed by atoms with Gasteiger partial charge in [-0.05, 0) is 55.0 Å². The van der Waals surface area contributed by atoms with Gasteiger partial charge in [-0.3, -0.25) is 14.5 Å². The number of nitrogens with one attached hydrogen (secondary N) is 1. The van der Waals surface area contributed by atoms with Crippen LogP contribution in [0.2, 0.25) is 0 Å². The van der Waals surface area contributed by atoms with Crippen LogP contribution in [0.15, 0.2) is 35.7 Å². The Morgan fingerprint density at radius 3 is 2.74 bits per heavy atom. The summed E-state index contributed by atoms with van der Waals surface area (Å²) in [5.41, 5.74) is 3.29. The summed E-state index contributed by atoms with van der Waals surface area (Å²) in [6.45, 7) is 2.41. The molecule has 3 aromatic rings. The van der Waals surface area contributed by atoms with E-state index in [1.807, 2.05) is 47.2 Å². The first-order chi connectivity index (χ1) is 15.1. The third-order valence-electron chi connectivity index (χ3n) is 6.48. The minimum atomic E-state index is -0.631. The average molecular weight is 438 g/mol. The first kappa shape index (κ1) is 20.1. The van der Waals surface area contributed by atoms with Crippen LogP contribution >= 0.6 is 11.3 Å². The minimum Gasteiger partial charge on any atom is -0.495 e. The molecule has 2 amide bonds. The summed E-state index contributed by atoms with van der Waals surface area (Å²) >= 11 is 1.61. The lowest BCUT2D eigenvalue weighted by atomic mass is 9.95. The molecule has 162 valence electrons. The van der Waals surface area contributed by atoms with Crippen molar-refractivity contribution < 1.29 is 14.3 Å². The number of ether oxygens (including phenoxy) is 1. The number of fused-ring (bicyclic) bond motifs is 3. The third kappa shape index (κ3) is 3.51. The van der Waals surface area contributed by atoms with Crippen molar-refractivity contribution in [2.45, 2.75) is 57.7 Å². The van der Waals surface area contributed by atoms with Gasteiger partial charge in [0.15, 0.2) is 0 Å². The summed E-state index contributed by atoms with van der Waals surface area (Å²) in [5, 5.41) is 5.26. The smallest absolute Gasteiger partial charge is 0.275 e. The molecule has 5 rings (SSSR count). The van der Waals surface area contributed by atoms with Crippen molar-refractivity contribution in [3.05, 3.63) is 47.0 Å². The van der Waals surface area contributed by atoms with E-state index < -0.39 is 6.04 Å². The van der Waals surface area contributed by atoms with Crippen molar-refractivity contribution >= 4 is 39.1 Å². The molecule has 1 N–H and O–H groups in total. The molecule has 1 fully saturated rings. The first-order valence-electron chi connectivity index (χ1n) is 10.9. The maximum atomic E-state index is 13.7. The van der Waals surface area contributed by atoms with Crippen LogP contribution in [-0.4, -0.2) is 35.6 Å². The monoisotopic (exact) mass is 437 g/mol. The second-order valence-electron chi connectivity index (χ2n) is 8.52. The summed E-state index contributed by atoms with van der Waals surface area (Å²) in [6, 6.07) is 9.26. The third-order valence-corrected chi connectivity index (χ3v) is 7.33. The van der Waals surface area contributed by atoms with Crippen LogP contribution in [0.3, 0.4) is 0 Å². The molecule has 1 aromatic carbocycles. The zero-order chi connectivity index (χ0) is 21.5. The van der Waals surface area contributed by atoms with Crippen LogP contribution < -0.4 is 15.0 Å². The quantitative estimate of drug-likeness (QED) is 0.654. The molecule has 1 aliphatic carbocycles. The predicted octanol–water partition coefficient (Wildman–Crippen LogP) is 4.50. The first-order valence-corrected chi connectivity index (χ1v) is 11.8. The number of rotatable bonds is 4. The molecule has 1 atom stereocenters. The number of aromatic nitrogens is 1. The summed E-state index contributed by atoms with van der Waals surface area (Å²) in [5.74, 6) is 0.338. The van der Waals surface area contributed by atoms with Crippen molar-refractivity contribution in [3.8, 4) is 5.75 Å². The zero-order valence-corrected chi connectivity index (χ0v) is 18.7. The van der Waals surface area contributed by atoms with Gasteiger partial charge in [-0.25, -0.2) is 0 Å². The number of aryl methyl sites for hydroxylation is 1. The Labute approximate surface area is 185 Å². The molecule has 0 saturated heterocycles. The van der Waals surface area contributed by atoms with E-state index in [9.17, 15) is 9.59 Å². The molecule has 31 heavy (non-hydrogen) atoms. The number of hydrogen-bond acceptors (Lipinski definition) is 4. The molecule has 1 aliphatic heterocycles. The van der Waals surface area contributed by atoms with Crippen molar-refractivity contribution in [1.82, 2.24) is 9.88 Å². The lowest BCUT2D eigenvalue weighted by Gasteiger charge is -2.37. The number of nitrogens with zero attached hydrogens (tertiary/aromatic N) is 2. The van der Waals surface area contributed by atoms with Gasteiger partial charge in [-0.2, -0.15) is 0 Å². The van der Waals surface area contributed by atoms with E-state index >= 15 is 0 Å². The molecular weight excluding hydrogens is 410 g/mol. The molecule has 0 radical (unpaired) electrons. The molecule has 1 saturated carbocycles. The number of benzene rings is 1. The van der Waals surface area contributed by atoms with E-state index in [0.717, 1.165) is 41.5 Å². The number of amides is 2. The second-order valence-corrected chi connectivity index (χ2v) is 9.47. The predicted molar refractivity (Wildman–Crippen MR) is 123 cm³/mol. The Balaban J connectivity index is 1.58. The van der Waals surface area contributed by atoms with Gasteiger partial charge in [-0.15, -0.1) is 11.3 Å². The van der Waals surface area contributed by atoms with E-state index in [0.29, 0.717) is 23.7 Å². The number of carbonyl (C=O) groups excluding carboxylic acids is 2. The largest absolute Gasteiger partial charge is 0.495 e. The lowest BCUT2D eigenvalue weighted by molar-refractivity contribution is -0.123. The van der Waals surface area contributed by atoms with Gasteiger partial charge >= 0.3 is 0 Å². The van der Waals surface area contributed by atoms with Crippen LogP contribution in [0.4, 0.5) is 5.69 Å². The summed E-state index contributed by atoms with van der Waals surface area (Å²) in [7, 11) is 1.60. The van der Waals surface area contributed by atoms with Crippen molar-refractivity contribution in [1.29, 1.82) is 0 Å². The number of anilines is 1.